The normalized spacial score (nSPS) is 17.4. The summed E-state index contributed by atoms with van der Waals surface area (Å²) in [4.78, 5) is 58.7. The lowest BCUT2D eigenvalue weighted by molar-refractivity contribution is -0.134. The summed E-state index contributed by atoms with van der Waals surface area (Å²) >= 11 is 0. The summed E-state index contributed by atoms with van der Waals surface area (Å²) in [5.74, 6) is 7.52. The first-order valence-corrected chi connectivity index (χ1v) is 17.1. The molecule has 2 unspecified atom stereocenters. The Labute approximate surface area is 296 Å². The second-order valence-electron chi connectivity index (χ2n) is 12.6. The number of methoxy groups -OCH3 is 1. The van der Waals surface area contributed by atoms with Crippen molar-refractivity contribution in [1.29, 1.82) is 0 Å². The fraction of sp³-hybridized carbons (Fsp3) is 0.250. The lowest BCUT2D eigenvalue weighted by Crippen LogP contribution is -2.42. The number of nitrogens with zero attached hydrogens (tertiary/aromatic N) is 4. The van der Waals surface area contributed by atoms with Crippen LogP contribution in [0.4, 0.5) is 4.79 Å². The Morgan fingerprint density at radius 2 is 1.47 bits per heavy atom. The third-order valence-corrected chi connectivity index (χ3v) is 9.33. The van der Waals surface area contributed by atoms with Crippen LogP contribution >= 0.6 is 0 Å². The Kier molecular flexibility index (Phi) is 9.92. The predicted molar refractivity (Wildman–Crippen MR) is 191 cm³/mol. The number of rotatable bonds is 8. The third-order valence-electron chi connectivity index (χ3n) is 9.33. The minimum absolute atomic E-state index is 0.00713. The zero-order chi connectivity index (χ0) is 35.2. The molecule has 2 aliphatic heterocycles. The first-order valence-electron chi connectivity index (χ1n) is 17.1. The molecule has 2 fully saturated rings. The van der Waals surface area contributed by atoms with Crippen LogP contribution in [-0.2, 0) is 14.3 Å². The Morgan fingerprint density at radius 1 is 0.824 bits per heavy atom. The number of ether oxygens (including phenoxy) is 1. The van der Waals surface area contributed by atoms with Gasteiger partial charge in [-0.05, 0) is 54.9 Å². The minimum Gasteiger partial charge on any atom is -0.453 e. The van der Waals surface area contributed by atoms with Crippen LogP contribution in [0.5, 0.6) is 0 Å². The number of hydrogen-bond donors (Lipinski definition) is 3. The number of imidazole rings is 2. The molecule has 51 heavy (non-hydrogen) atoms. The van der Waals surface area contributed by atoms with Crippen molar-refractivity contribution in [2.24, 2.45) is 0 Å². The maximum atomic E-state index is 13.8. The molecular formula is C40H38N7O4. The molecule has 4 heterocycles. The van der Waals surface area contributed by atoms with Gasteiger partial charge in [-0.25, -0.2) is 14.8 Å². The van der Waals surface area contributed by atoms with Gasteiger partial charge in [-0.15, -0.1) is 0 Å². The SMILES string of the molecule is COC(=O)NC(C(=O)N1CCCC1c1nc(C#Cc2ccc(-c3c[nH]c([C@@H]4CCCN4C(=O)[CH]c4ccccc4)n3)cc2)c[nH]1)c1ccccc1. The summed E-state index contributed by atoms with van der Waals surface area (Å²) in [5.41, 5.74) is 4.70. The van der Waals surface area contributed by atoms with Crippen molar-refractivity contribution < 1.29 is 19.1 Å². The van der Waals surface area contributed by atoms with E-state index in [4.69, 9.17) is 14.7 Å². The van der Waals surface area contributed by atoms with Crippen molar-refractivity contribution in [1.82, 2.24) is 35.1 Å². The van der Waals surface area contributed by atoms with E-state index in [1.807, 2.05) is 96.0 Å². The molecule has 3 N–H and O–H groups in total. The van der Waals surface area contributed by atoms with Crippen LogP contribution in [0.3, 0.4) is 0 Å². The van der Waals surface area contributed by atoms with E-state index in [0.29, 0.717) is 30.2 Å². The van der Waals surface area contributed by atoms with Gasteiger partial charge in [-0.2, -0.15) is 0 Å². The van der Waals surface area contributed by atoms with Crippen molar-refractivity contribution in [2.75, 3.05) is 20.2 Å². The number of carbonyl (C=O) groups is 3. The van der Waals surface area contributed by atoms with Crippen molar-refractivity contribution in [3.05, 3.63) is 138 Å². The highest BCUT2D eigenvalue weighted by Crippen LogP contribution is 2.34. The quantitative estimate of drug-likeness (QED) is 0.175. The molecule has 0 aliphatic carbocycles. The predicted octanol–water partition coefficient (Wildman–Crippen LogP) is 5.88. The number of aromatic amines is 2. The molecule has 0 bridgehead atoms. The van der Waals surface area contributed by atoms with Gasteiger partial charge in [0.05, 0.1) is 31.3 Å². The Bertz CT molecular complexity index is 2050. The fourth-order valence-corrected chi connectivity index (χ4v) is 6.77. The summed E-state index contributed by atoms with van der Waals surface area (Å²) in [6, 6.07) is 25.4. The van der Waals surface area contributed by atoms with E-state index in [2.05, 4.69) is 27.1 Å². The van der Waals surface area contributed by atoms with Gasteiger partial charge in [0.1, 0.15) is 23.4 Å². The molecule has 2 aromatic heterocycles. The molecular weight excluding hydrogens is 642 g/mol. The summed E-state index contributed by atoms with van der Waals surface area (Å²) in [5, 5.41) is 2.69. The average molecular weight is 681 g/mol. The topological polar surface area (TPSA) is 136 Å². The molecule has 2 aliphatic rings. The minimum atomic E-state index is -0.880. The van der Waals surface area contributed by atoms with Crippen LogP contribution in [0.1, 0.15) is 77.8 Å². The molecule has 7 rings (SSSR count). The van der Waals surface area contributed by atoms with Crippen LogP contribution in [0, 0.1) is 18.3 Å². The second-order valence-corrected chi connectivity index (χ2v) is 12.6. The Hall–Kier alpha value is -6.15. The number of likely N-dealkylation sites (tertiary alicyclic amines) is 2. The van der Waals surface area contributed by atoms with Gasteiger partial charge < -0.3 is 29.8 Å². The van der Waals surface area contributed by atoms with Crippen LogP contribution in [0.15, 0.2) is 97.3 Å². The lowest BCUT2D eigenvalue weighted by Gasteiger charge is -2.28. The molecule has 3 atom stereocenters. The summed E-state index contributed by atoms with van der Waals surface area (Å²) in [6.07, 6.45) is 7.99. The number of nitrogens with one attached hydrogen (secondary N) is 3. The van der Waals surface area contributed by atoms with Crippen LogP contribution in [0.2, 0.25) is 0 Å². The number of benzene rings is 3. The van der Waals surface area contributed by atoms with Gasteiger partial charge in [-0.3, -0.25) is 9.59 Å². The van der Waals surface area contributed by atoms with E-state index in [0.717, 1.165) is 53.9 Å². The van der Waals surface area contributed by atoms with E-state index >= 15 is 0 Å². The molecule has 0 saturated carbocycles. The number of H-pyrrole nitrogens is 2. The first kappa shape index (κ1) is 33.4. The van der Waals surface area contributed by atoms with Gasteiger partial charge in [0.15, 0.2) is 0 Å². The molecule has 257 valence electrons. The zero-order valence-corrected chi connectivity index (χ0v) is 28.2. The number of aromatic nitrogens is 4. The largest absolute Gasteiger partial charge is 0.453 e. The van der Waals surface area contributed by atoms with Crippen molar-refractivity contribution in [2.45, 2.75) is 43.8 Å². The maximum Gasteiger partial charge on any atom is 0.407 e. The van der Waals surface area contributed by atoms with E-state index in [9.17, 15) is 14.4 Å². The van der Waals surface area contributed by atoms with Crippen LogP contribution in [-0.4, -0.2) is 67.8 Å². The Morgan fingerprint density at radius 3 is 2.20 bits per heavy atom. The van der Waals surface area contributed by atoms with Gasteiger partial charge in [0.2, 0.25) is 5.91 Å². The lowest BCUT2D eigenvalue weighted by atomic mass is 10.1. The fourth-order valence-electron chi connectivity index (χ4n) is 6.77. The molecule has 11 nitrogen and oxygen atoms in total. The highest BCUT2D eigenvalue weighted by atomic mass is 16.5. The van der Waals surface area contributed by atoms with E-state index in [-0.39, 0.29) is 23.9 Å². The summed E-state index contributed by atoms with van der Waals surface area (Å²) < 4.78 is 4.80. The second kappa shape index (κ2) is 15.2. The van der Waals surface area contributed by atoms with Crippen LogP contribution in [0.25, 0.3) is 11.3 Å². The van der Waals surface area contributed by atoms with Crippen LogP contribution < -0.4 is 5.32 Å². The number of hydrogen-bond acceptors (Lipinski definition) is 6. The molecule has 11 heteroatoms. The highest BCUT2D eigenvalue weighted by molar-refractivity contribution is 5.89. The smallest absolute Gasteiger partial charge is 0.407 e. The van der Waals surface area contributed by atoms with Crippen molar-refractivity contribution >= 4 is 17.9 Å². The van der Waals surface area contributed by atoms with Crippen molar-refractivity contribution in [3.8, 4) is 23.1 Å². The molecule has 1 radical (unpaired) electrons. The molecule has 5 aromatic rings. The van der Waals surface area contributed by atoms with Gasteiger partial charge >= 0.3 is 6.09 Å². The van der Waals surface area contributed by atoms with Gasteiger partial charge in [0, 0.05) is 36.6 Å². The number of alkyl carbamates (subject to hydrolysis) is 1. The molecule has 0 spiro atoms. The summed E-state index contributed by atoms with van der Waals surface area (Å²) in [7, 11) is 1.28. The molecule has 3 aromatic carbocycles. The van der Waals surface area contributed by atoms with E-state index < -0.39 is 12.1 Å². The highest BCUT2D eigenvalue weighted by Gasteiger charge is 2.37. The van der Waals surface area contributed by atoms with E-state index in [1.165, 1.54) is 7.11 Å². The van der Waals surface area contributed by atoms with Crippen molar-refractivity contribution in [3.63, 3.8) is 0 Å². The zero-order valence-electron chi connectivity index (χ0n) is 28.2. The van der Waals surface area contributed by atoms with Gasteiger partial charge in [0.25, 0.3) is 5.91 Å². The third kappa shape index (κ3) is 7.55. The van der Waals surface area contributed by atoms with Gasteiger partial charge in [-0.1, -0.05) is 78.7 Å². The maximum absolute atomic E-state index is 13.8. The summed E-state index contributed by atoms with van der Waals surface area (Å²) in [6.45, 7) is 1.25. The Balaban J connectivity index is 0.998. The number of amides is 3. The average Bonchev–Trinajstić information content (AvgIpc) is 4.00. The van der Waals surface area contributed by atoms with E-state index in [1.54, 1.807) is 17.5 Å². The molecule has 2 saturated heterocycles. The first-order chi connectivity index (χ1) is 25.0. The standard InChI is InChI=1S/C40H38N7O4/c1-51-40(50)45-36(30-12-6-3-7-13-30)39(49)47-23-9-15-34(47)37-41-25-31(43-37)21-18-27-16-19-29(20-17-27)32-26-42-38(44-32)33-14-8-22-46(33)35(48)24-28-10-4-2-5-11-28/h2-7,10-13,16-17,19-20,24-26,33-34,36H,8-9,14-15,22-23H2,1H3,(H,41,43)(H,42,44)(H,45,50)/t33-,34?,36?/m0/s1. The number of carbonyl (C=O) groups excluding carboxylic acids is 3. The molecule has 3 amide bonds. The monoisotopic (exact) mass is 680 g/mol.